The van der Waals surface area contributed by atoms with E-state index in [-0.39, 0.29) is 18.7 Å². The van der Waals surface area contributed by atoms with Gasteiger partial charge >= 0.3 is 0 Å². The Balaban J connectivity index is 1.59. The largest absolute Gasteiger partial charge is 0.391 e. The SMILES string of the molecule is O=C(N[C@H]1CCC(F)(F)C[C@H]1O)c1cn(Cc2ccc(F)cc2)c2cccnc12. The Morgan fingerprint density at radius 3 is 2.76 bits per heavy atom. The monoisotopic (exact) mass is 403 g/mol. The molecule has 0 bridgehead atoms. The van der Waals surface area contributed by atoms with E-state index in [1.54, 1.807) is 30.6 Å². The number of aliphatic hydroxyl groups excluding tert-OH is 1. The van der Waals surface area contributed by atoms with E-state index >= 15 is 0 Å². The van der Waals surface area contributed by atoms with E-state index in [1.807, 2.05) is 10.6 Å². The maximum absolute atomic E-state index is 13.4. The van der Waals surface area contributed by atoms with Gasteiger partial charge in [-0.1, -0.05) is 12.1 Å². The first kappa shape index (κ1) is 19.4. The molecule has 2 atom stereocenters. The van der Waals surface area contributed by atoms with Crippen LogP contribution in [0.4, 0.5) is 13.2 Å². The molecule has 2 aromatic heterocycles. The fraction of sp³-hybridized carbons (Fsp3) is 0.333. The summed E-state index contributed by atoms with van der Waals surface area (Å²) in [5.41, 5.74) is 2.34. The molecular weight excluding hydrogens is 383 g/mol. The van der Waals surface area contributed by atoms with Gasteiger partial charge in [0.1, 0.15) is 11.3 Å². The van der Waals surface area contributed by atoms with E-state index in [0.717, 1.165) is 11.1 Å². The number of fused-ring (bicyclic) bond motifs is 1. The quantitative estimate of drug-likeness (QED) is 0.701. The number of aromatic nitrogens is 2. The van der Waals surface area contributed by atoms with Crippen LogP contribution in [0.5, 0.6) is 0 Å². The first-order valence-corrected chi connectivity index (χ1v) is 9.37. The number of alkyl halides is 2. The Labute approximate surface area is 165 Å². The van der Waals surface area contributed by atoms with Crippen LogP contribution in [0, 0.1) is 5.82 Å². The molecule has 0 saturated heterocycles. The molecule has 1 aromatic carbocycles. The highest BCUT2D eigenvalue weighted by atomic mass is 19.3. The molecule has 2 N–H and O–H groups in total. The molecule has 29 heavy (non-hydrogen) atoms. The molecule has 4 rings (SSSR count). The third kappa shape index (κ3) is 4.12. The van der Waals surface area contributed by atoms with Crippen LogP contribution in [-0.4, -0.2) is 38.6 Å². The topological polar surface area (TPSA) is 67.2 Å². The molecule has 0 spiro atoms. The van der Waals surface area contributed by atoms with Gasteiger partial charge in [-0.3, -0.25) is 9.78 Å². The summed E-state index contributed by atoms with van der Waals surface area (Å²) in [4.78, 5) is 17.1. The number of benzene rings is 1. The Bertz CT molecular complexity index is 1030. The molecule has 1 saturated carbocycles. The summed E-state index contributed by atoms with van der Waals surface area (Å²) in [6.45, 7) is 0.411. The summed E-state index contributed by atoms with van der Waals surface area (Å²) in [7, 11) is 0. The lowest BCUT2D eigenvalue weighted by atomic mass is 9.89. The Kier molecular flexibility index (Phi) is 5.04. The summed E-state index contributed by atoms with van der Waals surface area (Å²) in [5.74, 6) is -3.71. The van der Waals surface area contributed by atoms with Crippen molar-refractivity contribution in [2.75, 3.05) is 0 Å². The molecule has 0 unspecified atom stereocenters. The average molecular weight is 403 g/mol. The molecule has 0 aliphatic heterocycles. The molecule has 1 amide bonds. The van der Waals surface area contributed by atoms with Gasteiger partial charge in [-0.15, -0.1) is 0 Å². The minimum atomic E-state index is -2.91. The number of rotatable bonds is 4. The van der Waals surface area contributed by atoms with Crippen LogP contribution in [0.25, 0.3) is 11.0 Å². The van der Waals surface area contributed by atoms with E-state index in [4.69, 9.17) is 0 Å². The maximum Gasteiger partial charge on any atom is 0.255 e. The van der Waals surface area contributed by atoms with Gasteiger partial charge in [0, 0.05) is 31.8 Å². The highest BCUT2D eigenvalue weighted by Gasteiger charge is 2.41. The fourth-order valence-corrected chi connectivity index (χ4v) is 3.73. The van der Waals surface area contributed by atoms with E-state index < -0.39 is 30.4 Å². The second-order valence-corrected chi connectivity index (χ2v) is 7.41. The zero-order chi connectivity index (χ0) is 20.6. The zero-order valence-corrected chi connectivity index (χ0v) is 15.5. The number of aliphatic hydroxyl groups is 1. The summed E-state index contributed by atoms with van der Waals surface area (Å²) >= 11 is 0. The standard InChI is InChI=1S/C21H20F3N3O2/c22-14-5-3-13(4-6-14)11-27-12-15(19-17(27)2-1-9-25-19)20(29)26-16-7-8-21(23,24)10-18(16)28/h1-6,9,12,16,18,28H,7-8,10-11H2,(H,26,29)/t16-,18+/m0/s1. The number of halogens is 3. The molecule has 1 aliphatic rings. The number of carbonyl (C=O) groups is 1. The van der Waals surface area contributed by atoms with Gasteiger partial charge in [0.25, 0.3) is 11.8 Å². The van der Waals surface area contributed by atoms with Crippen molar-refractivity contribution in [2.45, 2.75) is 43.9 Å². The van der Waals surface area contributed by atoms with Gasteiger partial charge in [-0.05, 0) is 36.2 Å². The van der Waals surface area contributed by atoms with Crippen LogP contribution in [0.2, 0.25) is 0 Å². The summed E-state index contributed by atoms with van der Waals surface area (Å²) in [5, 5.41) is 12.7. The van der Waals surface area contributed by atoms with Crippen molar-refractivity contribution in [2.24, 2.45) is 0 Å². The lowest BCUT2D eigenvalue weighted by molar-refractivity contribution is -0.0862. The number of hydrogen-bond acceptors (Lipinski definition) is 3. The van der Waals surface area contributed by atoms with Crippen molar-refractivity contribution >= 4 is 16.9 Å². The molecule has 1 aliphatic carbocycles. The van der Waals surface area contributed by atoms with Crippen molar-refractivity contribution in [1.82, 2.24) is 14.9 Å². The fourth-order valence-electron chi connectivity index (χ4n) is 3.73. The Morgan fingerprint density at radius 2 is 2.03 bits per heavy atom. The van der Waals surface area contributed by atoms with Crippen molar-refractivity contribution in [1.29, 1.82) is 0 Å². The van der Waals surface area contributed by atoms with Gasteiger partial charge in [-0.25, -0.2) is 13.2 Å². The predicted octanol–water partition coefficient (Wildman–Crippen LogP) is 3.50. The Morgan fingerprint density at radius 1 is 1.28 bits per heavy atom. The van der Waals surface area contributed by atoms with Crippen LogP contribution in [0.3, 0.4) is 0 Å². The molecular formula is C21H20F3N3O2. The van der Waals surface area contributed by atoms with E-state index in [0.29, 0.717) is 17.6 Å². The van der Waals surface area contributed by atoms with Gasteiger partial charge in [0.2, 0.25) is 0 Å². The normalized spacial score (nSPS) is 21.2. The highest BCUT2D eigenvalue weighted by molar-refractivity contribution is 6.05. The van der Waals surface area contributed by atoms with Crippen LogP contribution in [0.1, 0.15) is 35.2 Å². The van der Waals surface area contributed by atoms with E-state index in [1.165, 1.54) is 12.1 Å². The van der Waals surface area contributed by atoms with Crippen molar-refractivity contribution < 1.29 is 23.1 Å². The number of amides is 1. The third-order valence-corrected chi connectivity index (χ3v) is 5.26. The molecule has 152 valence electrons. The molecule has 8 heteroatoms. The maximum atomic E-state index is 13.4. The van der Waals surface area contributed by atoms with E-state index in [2.05, 4.69) is 10.3 Å². The van der Waals surface area contributed by atoms with Gasteiger partial charge in [-0.2, -0.15) is 0 Å². The highest BCUT2D eigenvalue weighted by Crippen LogP contribution is 2.33. The summed E-state index contributed by atoms with van der Waals surface area (Å²) in [6, 6.07) is 8.89. The van der Waals surface area contributed by atoms with E-state index in [9.17, 15) is 23.1 Å². The minimum Gasteiger partial charge on any atom is -0.391 e. The number of hydrogen-bond donors (Lipinski definition) is 2. The summed E-state index contributed by atoms with van der Waals surface area (Å²) < 4.78 is 41.8. The summed E-state index contributed by atoms with van der Waals surface area (Å²) in [6.07, 6.45) is 0.865. The first-order valence-electron chi connectivity index (χ1n) is 9.37. The second kappa shape index (κ2) is 7.51. The predicted molar refractivity (Wildman–Crippen MR) is 101 cm³/mol. The number of nitrogens with zero attached hydrogens (tertiary/aromatic N) is 2. The molecule has 0 radical (unpaired) electrons. The van der Waals surface area contributed by atoms with Crippen LogP contribution < -0.4 is 5.32 Å². The van der Waals surface area contributed by atoms with Crippen molar-refractivity contribution in [3.05, 3.63) is 65.7 Å². The zero-order valence-electron chi connectivity index (χ0n) is 15.5. The third-order valence-electron chi connectivity index (χ3n) is 5.26. The molecule has 2 heterocycles. The first-order chi connectivity index (χ1) is 13.8. The second-order valence-electron chi connectivity index (χ2n) is 7.41. The van der Waals surface area contributed by atoms with Crippen LogP contribution >= 0.6 is 0 Å². The van der Waals surface area contributed by atoms with Crippen molar-refractivity contribution in [3.63, 3.8) is 0 Å². The van der Waals surface area contributed by atoms with Gasteiger partial charge < -0.3 is 15.0 Å². The molecule has 1 fully saturated rings. The minimum absolute atomic E-state index is 0.00154. The Hall–Kier alpha value is -2.87. The number of pyridine rings is 1. The average Bonchev–Trinajstić information content (AvgIpc) is 3.04. The lowest BCUT2D eigenvalue weighted by Gasteiger charge is -2.33. The van der Waals surface area contributed by atoms with Gasteiger partial charge in [0.05, 0.1) is 23.2 Å². The smallest absolute Gasteiger partial charge is 0.255 e. The van der Waals surface area contributed by atoms with Crippen molar-refractivity contribution in [3.8, 4) is 0 Å². The van der Waals surface area contributed by atoms with Crippen LogP contribution in [-0.2, 0) is 6.54 Å². The molecule has 3 aromatic rings. The van der Waals surface area contributed by atoms with Crippen LogP contribution in [0.15, 0.2) is 48.8 Å². The van der Waals surface area contributed by atoms with Gasteiger partial charge in [0.15, 0.2) is 0 Å². The lowest BCUT2D eigenvalue weighted by Crippen LogP contribution is -2.49. The number of carbonyl (C=O) groups excluding carboxylic acids is 1. The number of nitrogens with one attached hydrogen (secondary N) is 1. The molecule has 5 nitrogen and oxygen atoms in total.